The Morgan fingerprint density at radius 2 is 2.00 bits per heavy atom. The standard InChI is InChI=1S/C16H22O/c1-14(13-17)12-16(9-5-10-16)11-8-15-6-3-2-4-7-15/h2-4,6-7,13-14H,5,8-12H2,1H3. The molecule has 0 saturated heterocycles. The van der Waals surface area contributed by atoms with Gasteiger partial charge in [0.15, 0.2) is 0 Å². The molecule has 1 fully saturated rings. The third kappa shape index (κ3) is 3.18. The number of benzene rings is 1. The second-order valence-electron chi connectivity index (χ2n) is 5.66. The molecule has 1 saturated carbocycles. The van der Waals surface area contributed by atoms with E-state index in [0.29, 0.717) is 5.41 Å². The Kier molecular flexibility index (Phi) is 3.98. The van der Waals surface area contributed by atoms with Gasteiger partial charge in [0.25, 0.3) is 0 Å². The summed E-state index contributed by atoms with van der Waals surface area (Å²) in [5.41, 5.74) is 1.90. The van der Waals surface area contributed by atoms with Gasteiger partial charge in [-0.15, -0.1) is 0 Å². The second-order valence-corrected chi connectivity index (χ2v) is 5.66. The molecular weight excluding hydrogens is 208 g/mol. The molecule has 0 bridgehead atoms. The quantitative estimate of drug-likeness (QED) is 0.675. The summed E-state index contributed by atoms with van der Waals surface area (Å²) >= 11 is 0. The molecule has 1 aliphatic rings. The van der Waals surface area contributed by atoms with E-state index in [2.05, 4.69) is 37.3 Å². The minimum Gasteiger partial charge on any atom is -0.303 e. The molecule has 1 heteroatoms. The van der Waals surface area contributed by atoms with E-state index in [1.807, 2.05) is 0 Å². The zero-order chi connectivity index (χ0) is 12.1. The molecule has 0 aliphatic heterocycles. The topological polar surface area (TPSA) is 17.1 Å². The maximum absolute atomic E-state index is 10.8. The van der Waals surface area contributed by atoms with Crippen LogP contribution in [-0.4, -0.2) is 6.29 Å². The molecule has 2 rings (SSSR count). The first-order valence-electron chi connectivity index (χ1n) is 6.73. The van der Waals surface area contributed by atoms with Crippen molar-refractivity contribution >= 4 is 6.29 Å². The van der Waals surface area contributed by atoms with Crippen LogP contribution in [0.4, 0.5) is 0 Å². The van der Waals surface area contributed by atoms with E-state index in [4.69, 9.17) is 0 Å². The van der Waals surface area contributed by atoms with E-state index in [-0.39, 0.29) is 5.92 Å². The van der Waals surface area contributed by atoms with Crippen molar-refractivity contribution in [2.24, 2.45) is 11.3 Å². The Morgan fingerprint density at radius 3 is 2.53 bits per heavy atom. The average molecular weight is 230 g/mol. The van der Waals surface area contributed by atoms with Crippen molar-refractivity contribution in [1.82, 2.24) is 0 Å². The van der Waals surface area contributed by atoms with Gasteiger partial charge in [-0.05, 0) is 43.1 Å². The Balaban J connectivity index is 1.89. The second kappa shape index (κ2) is 5.48. The van der Waals surface area contributed by atoms with E-state index in [1.54, 1.807) is 0 Å². The number of aldehydes is 1. The lowest BCUT2D eigenvalue weighted by atomic mass is 9.62. The maximum atomic E-state index is 10.8. The van der Waals surface area contributed by atoms with E-state index < -0.39 is 0 Å². The van der Waals surface area contributed by atoms with Gasteiger partial charge in [0, 0.05) is 5.92 Å². The number of carbonyl (C=O) groups is 1. The Labute approximate surface area is 104 Å². The third-order valence-electron chi connectivity index (χ3n) is 4.19. The molecule has 0 radical (unpaired) electrons. The largest absolute Gasteiger partial charge is 0.303 e. The van der Waals surface area contributed by atoms with Crippen LogP contribution in [0.2, 0.25) is 0 Å². The average Bonchev–Trinajstić information content (AvgIpc) is 2.33. The van der Waals surface area contributed by atoms with Gasteiger partial charge in [-0.3, -0.25) is 0 Å². The summed E-state index contributed by atoms with van der Waals surface area (Å²) in [7, 11) is 0. The number of carbonyl (C=O) groups excluding carboxylic acids is 1. The molecule has 1 atom stereocenters. The highest BCUT2D eigenvalue weighted by atomic mass is 16.1. The fourth-order valence-corrected chi connectivity index (χ4v) is 3.02. The van der Waals surface area contributed by atoms with Crippen LogP contribution in [0.1, 0.15) is 44.6 Å². The van der Waals surface area contributed by atoms with Crippen LogP contribution < -0.4 is 0 Å². The number of aryl methyl sites for hydroxylation is 1. The lowest BCUT2D eigenvalue weighted by Crippen LogP contribution is -2.32. The predicted octanol–water partition coefficient (Wildman–Crippen LogP) is 4.01. The fraction of sp³-hybridized carbons (Fsp3) is 0.562. The Hall–Kier alpha value is -1.11. The summed E-state index contributed by atoms with van der Waals surface area (Å²) < 4.78 is 0. The Bertz CT molecular complexity index is 351. The van der Waals surface area contributed by atoms with Crippen LogP contribution in [0, 0.1) is 11.3 Å². The van der Waals surface area contributed by atoms with Gasteiger partial charge in [0.1, 0.15) is 6.29 Å². The zero-order valence-electron chi connectivity index (χ0n) is 10.7. The molecule has 1 aliphatic carbocycles. The fourth-order valence-electron chi connectivity index (χ4n) is 3.02. The lowest BCUT2D eigenvalue weighted by molar-refractivity contribution is -0.112. The van der Waals surface area contributed by atoms with Gasteiger partial charge in [0.05, 0.1) is 0 Å². The molecule has 0 spiro atoms. The first-order valence-corrected chi connectivity index (χ1v) is 6.73. The predicted molar refractivity (Wildman–Crippen MR) is 70.9 cm³/mol. The molecule has 0 N–H and O–H groups in total. The minimum absolute atomic E-state index is 0.228. The molecule has 0 heterocycles. The van der Waals surface area contributed by atoms with Crippen molar-refractivity contribution in [3.63, 3.8) is 0 Å². The van der Waals surface area contributed by atoms with E-state index in [1.165, 1.54) is 31.2 Å². The normalized spacial score (nSPS) is 19.4. The van der Waals surface area contributed by atoms with Crippen molar-refractivity contribution in [3.8, 4) is 0 Å². The van der Waals surface area contributed by atoms with Crippen molar-refractivity contribution in [2.45, 2.75) is 45.4 Å². The SMILES string of the molecule is CC(C=O)CC1(CCc2ccccc2)CCC1. The zero-order valence-corrected chi connectivity index (χ0v) is 10.7. The molecule has 1 nitrogen and oxygen atoms in total. The maximum Gasteiger partial charge on any atom is 0.122 e. The summed E-state index contributed by atoms with van der Waals surface area (Å²) in [4.78, 5) is 10.8. The van der Waals surface area contributed by atoms with Crippen LogP contribution in [-0.2, 0) is 11.2 Å². The van der Waals surface area contributed by atoms with Gasteiger partial charge < -0.3 is 4.79 Å². The Morgan fingerprint density at radius 1 is 1.29 bits per heavy atom. The summed E-state index contributed by atoms with van der Waals surface area (Å²) in [5, 5.41) is 0. The lowest BCUT2D eigenvalue weighted by Gasteiger charge is -2.43. The van der Waals surface area contributed by atoms with Crippen molar-refractivity contribution in [1.29, 1.82) is 0 Å². The van der Waals surface area contributed by atoms with E-state index in [0.717, 1.165) is 19.1 Å². The minimum atomic E-state index is 0.228. The third-order valence-corrected chi connectivity index (χ3v) is 4.19. The van der Waals surface area contributed by atoms with Gasteiger partial charge in [-0.2, -0.15) is 0 Å². The van der Waals surface area contributed by atoms with Crippen molar-refractivity contribution in [2.75, 3.05) is 0 Å². The molecule has 1 aromatic rings. The molecule has 0 aromatic heterocycles. The molecule has 17 heavy (non-hydrogen) atoms. The van der Waals surface area contributed by atoms with Gasteiger partial charge in [-0.1, -0.05) is 43.7 Å². The van der Waals surface area contributed by atoms with Crippen LogP contribution in [0.5, 0.6) is 0 Å². The van der Waals surface area contributed by atoms with Gasteiger partial charge in [-0.25, -0.2) is 0 Å². The highest BCUT2D eigenvalue weighted by molar-refractivity contribution is 5.52. The summed E-state index contributed by atoms with van der Waals surface area (Å²) in [5.74, 6) is 0.228. The van der Waals surface area contributed by atoms with Gasteiger partial charge in [0.2, 0.25) is 0 Å². The van der Waals surface area contributed by atoms with E-state index >= 15 is 0 Å². The first-order chi connectivity index (χ1) is 8.24. The number of hydrogen-bond donors (Lipinski definition) is 0. The monoisotopic (exact) mass is 230 g/mol. The van der Waals surface area contributed by atoms with Crippen molar-refractivity contribution in [3.05, 3.63) is 35.9 Å². The van der Waals surface area contributed by atoms with Crippen molar-refractivity contribution < 1.29 is 4.79 Å². The molecule has 0 amide bonds. The summed E-state index contributed by atoms with van der Waals surface area (Å²) in [6.07, 6.45) is 8.59. The number of hydrogen-bond acceptors (Lipinski definition) is 1. The van der Waals surface area contributed by atoms with Crippen LogP contribution >= 0.6 is 0 Å². The first kappa shape index (κ1) is 12.3. The van der Waals surface area contributed by atoms with Gasteiger partial charge >= 0.3 is 0 Å². The molecular formula is C16H22O. The molecule has 92 valence electrons. The summed E-state index contributed by atoms with van der Waals surface area (Å²) in [6, 6.07) is 10.7. The van der Waals surface area contributed by atoms with Crippen LogP contribution in [0.15, 0.2) is 30.3 Å². The molecule has 1 aromatic carbocycles. The smallest absolute Gasteiger partial charge is 0.122 e. The van der Waals surface area contributed by atoms with E-state index in [9.17, 15) is 4.79 Å². The summed E-state index contributed by atoms with van der Waals surface area (Å²) in [6.45, 7) is 2.05. The van der Waals surface area contributed by atoms with Crippen LogP contribution in [0.25, 0.3) is 0 Å². The van der Waals surface area contributed by atoms with Crippen LogP contribution in [0.3, 0.4) is 0 Å². The highest BCUT2D eigenvalue weighted by Gasteiger charge is 2.37. The molecule has 1 unspecified atom stereocenters. The number of rotatable bonds is 6. The highest BCUT2D eigenvalue weighted by Crippen LogP contribution is 2.49.